The number of aryl methyl sites for hydroxylation is 1. The first kappa shape index (κ1) is 21.3. The highest BCUT2D eigenvalue weighted by Gasteiger charge is 2.00. The minimum absolute atomic E-state index is 0.574. The summed E-state index contributed by atoms with van der Waals surface area (Å²) in [5, 5.41) is 0. The van der Waals surface area contributed by atoms with Gasteiger partial charge in [-0.15, -0.1) is 0 Å². The molecular weight excluding hydrogens is 354 g/mol. The van der Waals surface area contributed by atoms with Crippen LogP contribution in [0.15, 0.2) is 60.2 Å². The van der Waals surface area contributed by atoms with E-state index in [1.807, 2.05) is 12.1 Å². The van der Waals surface area contributed by atoms with Crippen molar-refractivity contribution in [2.75, 3.05) is 6.61 Å². The van der Waals surface area contributed by atoms with E-state index in [-0.39, 0.29) is 0 Å². The minimum Gasteiger partial charge on any atom is -0.494 e. The molecule has 0 saturated carbocycles. The van der Waals surface area contributed by atoms with E-state index < -0.39 is 11.7 Å². The topological polar surface area (TPSA) is 9.23 Å². The number of rotatable bonds is 6. The number of allylic oxidation sites excluding steroid dienone is 2. The molecule has 0 fully saturated rings. The molecule has 0 unspecified atom stereocenters. The third kappa shape index (κ3) is 7.29. The van der Waals surface area contributed by atoms with Gasteiger partial charge in [-0.2, -0.15) is 8.78 Å². The summed E-state index contributed by atoms with van der Waals surface area (Å²) in [6.07, 6.45) is 4.09. The lowest BCUT2D eigenvalue weighted by atomic mass is 10.1. The number of hydrogen-bond donors (Lipinski definition) is 0. The molecule has 2 aromatic rings. The largest absolute Gasteiger partial charge is 0.494 e. The van der Waals surface area contributed by atoms with Crippen molar-refractivity contribution in [2.24, 2.45) is 0 Å². The van der Waals surface area contributed by atoms with Crippen molar-refractivity contribution in [3.63, 3.8) is 0 Å². The first-order valence-corrected chi connectivity index (χ1v) is 9.53. The van der Waals surface area contributed by atoms with Gasteiger partial charge in [-0.25, -0.2) is 0 Å². The maximum atomic E-state index is 13.8. The third-order valence-electron chi connectivity index (χ3n) is 3.94. The van der Waals surface area contributed by atoms with Crippen molar-refractivity contribution in [3.05, 3.63) is 76.9 Å². The Hall–Kier alpha value is -3.04. The third-order valence-corrected chi connectivity index (χ3v) is 3.94. The van der Waals surface area contributed by atoms with Gasteiger partial charge in [0.25, 0.3) is 0 Å². The summed E-state index contributed by atoms with van der Waals surface area (Å²) < 4.78 is 33.2. The second kappa shape index (κ2) is 11.6. The quantitative estimate of drug-likeness (QED) is 0.419. The summed E-state index contributed by atoms with van der Waals surface area (Å²) >= 11 is 0. The molecule has 0 bridgehead atoms. The zero-order chi connectivity index (χ0) is 20.2. The fourth-order valence-electron chi connectivity index (χ4n) is 2.38. The lowest BCUT2D eigenvalue weighted by Crippen LogP contribution is -1.95. The lowest BCUT2D eigenvalue weighted by Gasteiger charge is -2.04. The molecule has 0 N–H and O–H groups in total. The van der Waals surface area contributed by atoms with Crippen LogP contribution in [0.1, 0.15) is 49.8 Å². The van der Waals surface area contributed by atoms with E-state index in [2.05, 4.69) is 37.5 Å². The number of hydrogen-bond acceptors (Lipinski definition) is 1. The monoisotopic (exact) mass is 378 g/mol. The Morgan fingerprint density at radius 2 is 1.32 bits per heavy atom. The number of benzene rings is 2. The van der Waals surface area contributed by atoms with Crippen LogP contribution in [0.2, 0.25) is 0 Å². The van der Waals surface area contributed by atoms with Crippen molar-refractivity contribution in [3.8, 4) is 29.4 Å². The average Bonchev–Trinajstić information content (AvgIpc) is 2.72. The van der Waals surface area contributed by atoms with Crippen LogP contribution < -0.4 is 4.74 Å². The van der Waals surface area contributed by atoms with Crippen molar-refractivity contribution in [2.45, 2.75) is 39.5 Å². The van der Waals surface area contributed by atoms with Crippen LogP contribution in [-0.4, -0.2) is 6.61 Å². The number of unbranched alkanes of at least 4 members (excludes halogenated alkanes) is 1. The van der Waals surface area contributed by atoms with Crippen LogP contribution in [0.25, 0.3) is 0 Å². The van der Waals surface area contributed by atoms with Crippen LogP contribution in [-0.2, 0) is 6.42 Å². The van der Waals surface area contributed by atoms with Gasteiger partial charge in [-0.3, -0.25) is 0 Å². The van der Waals surface area contributed by atoms with E-state index >= 15 is 0 Å². The zero-order valence-corrected chi connectivity index (χ0v) is 16.3. The molecule has 0 aliphatic carbocycles. The van der Waals surface area contributed by atoms with Crippen LogP contribution in [0, 0.1) is 23.7 Å². The Morgan fingerprint density at radius 3 is 1.82 bits per heavy atom. The van der Waals surface area contributed by atoms with Crippen molar-refractivity contribution in [1.82, 2.24) is 0 Å². The first-order valence-electron chi connectivity index (χ1n) is 9.53. The van der Waals surface area contributed by atoms with Gasteiger partial charge in [-0.05, 0) is 66.6 Å². The first-order chi connectivity index (χ1) is 13.6. The van der Waals surface area contributed by atoms with E-state index in [1.165, 1.54) is 5.56 Å². The molecule has 0 spiro atoms. The molecule has 0 aromatic heterocycles. The van der Waals surface area contributed by atoms with Gasteiger partial charge in [0, 0.05) is 11.1 Å². The van der Waals surface area contributed by atoms with Crippen LogP contribution in [0.3, 0.4) is 0 Å². The maximum absolute atomic E-state index is 13.8. The summed E-state index contributed by atoms with van der Waals surface area (Å²) in [6, 6.07) is 14.4. The summed E-state index contributed by atoms with van der Waals surface area (Å²) in [5.41, 5.74) is 2.41. The minimum atomic E-state index is -1.17. The number of ether oxygens (including phenoxy) is 1. The normalized spacial score (nSPS) is 10.9. The fraction of sp³-hybridized carbons (Fsp3) is 0.280. The SMILES string of the molecule is CCCCOc1ccc(C#CC(F)=C(F)C#Cc2ccc(CCC)cc2)cc1. The molecule has 0 atom stereocenters. The Kier molecular flexibility index (Phi) is 8.83. The summed E-state index contributed by atoms with van der Waals surface area (Å²) in [7, 11) is 0. The van der Waals surface area contributed by atoms with Gasteiger partial charge < -0.3 is 4.74 Å². The highest BCUT2D eigenvalue weighted by atomic mass is 19.2. The maximum Gasteiger partial charge on any atom is 0.217 e. The predicted octanol–water partition coefficient (Wildman–Crippen LogP) is 6.37. The molecular formula is C25H24F2O. The van der Waals surface area contributed by atoms with Gasteiger partial charge in [0.2, 0.25) is 11.7 Å². The Bertz CT molecular complexity index is 901. The molecule has 144 valence electrons. The molecule has 0 aliphatic heterocycles. The van der Waals surface area contributed by atoms with Crippen molar-refractivity contribution < 1.29 is 13.5 Å². The van der Waals surface area contributed by atoms with E-state index in [1.54, 1.807) is 36.4 Å². The Morgan fingerprint density at radius 1 is 0.786 bits per heavy atom. The molecule has 1 nitrogen and oxygen atoms in total. The molecule has 0 heterocycles. The molecule has 0 amide bonds. The van der Waals surface area contributed by atoms with E-state index in [9.17, 15) is 8.78 Å². The molecule has 2 aromatic carbocycles. The average molecular weight is 378 g/mol. The van der Waals surface area contributed by atoms with Gasteiger partial charge >= 0.3 is 0 Å². The molecule has 3 heteroatoms. The summed E-state index contributed by atoms with van der Waals surface area (Å²) in [6.45, 7) is 4.86. The highest BCUT2D eigenvalue weighted by molar-refractivity contribution is 5.46. The second-order valence-electron chi connectivity index (χ2n) is 6.30. The van der Waals surface area contributed by atoms with Crippen molar-refractivity contribution in [1.29, 1.82) is 0 Å². The van der Waals surface area contributed by atoms with Crippen molar-refractivity contribution >= 4 is 0 Å². The van der Waals surface area contributed by atoms with Gasteiger partial charge in [0.05, 0.1) is 6.61 Å². The Balaban J connectivity index is 2.01. The van der Waals surface area contributed by atoms with E-state index in [0.717, 1.165) is 31.4 Å². The summed E-state index contributed by atoms with van der Waals surface area (Å²) in [4.78, 5) is 0. The van der Waals surface area contributed by atoms with E-state index in [0.29, 0.717) is 17.7 Å². The zero-order valence-electron chi connectivity index (χ0n) is 16.3. The highest BCUT2D eigenvalue weighted by Crippen LogP contribution is 2.13. The standard InChI is InChI=1S/C25H24F2O/c1-3-5-19-28-23-15-11-22(12-16-23)14-18-25(27)24(26)17-13-21-9-7-20(6-4-2)8-10-21/h7-12,15-16H,3-6,19H2,1-2H3. The van der Waals surface area contributed by atoms with Crippen LogP contribution >= 0.6 is 0 Å². The molecule has 0 saturated heterocycles. The smallest absolute Gasteiger partial charge is 0.217 e. The van der Waals surface area contributed by atoms with Gasteiger partial charge in [0.15, 0.2) is 0 Å². The van der Waals surface area contributed by atoms with Gasteiger partial charge in [0.1, 0.15) is 5.75 Å². The Labute approximate surface area is 166 Å². The van der Waals surface area contributed by atoms with Crippen LogP contribution in [0.5, 0.6) is 5.75 Å². The predicted molar refractivity (Wildman–Crippen MR) is 110 cm³/mol. The molecule has 28 heavy (non-hydrogen) atoms. The van der Waals surface area contributed by atoms with Gasteiger partial charge in [-0.1, -0.05) is 50.7 Å². The summed E-state index contributed by atoms with van der Waals surface area (Å²) in [5.74, 6) is 7.98. The van der Waals surface area contributed by atoms with Crippen LogP contribution in [0.4, 0.5) is 8.78 Å². The lowest BCUT2D eigenvalue weighted by molar-refractivity contribution is 0.309. The molecule has 2 rings (SSSR count). The molecule has 0 aliphatic rings. The fourth-order valence-corrected chi connectivity index (χ4v) is 2.38. The van der Waals surface area contributed by atoms with E-state index in [4.69, 9.17) is 4.74 Å². The molecule has 0 radical (unpaired) electrons. The second-order valence-corrected chi connectivity index (χ2v) is 6.30. The number of halogens is 2.